The fraction of sp³-hybridized carbons (Fsp3) is 0.333. The van der Waals surface area contributed by atoms with E-state index in [1.807, 2.05) is 52.8 Å². The molecule has 1 aliphatic rings. The largest absolute Gasteiger partial charge is 0.392 e. The lowest BCUT2D eigenvalue weighted by atomic mass is 9.98. The van der Waals surface area contributed by atoms with Gasteiger partial charge in [-0.1, -0.05) is 36.4 Å². The van der Waals surface area contributed by atoms with Crippen LogP contribution in [-0.4, -0.2) is 33.6 Å². The highest BCUT2D eigenvalue weighted by atomic mass is 16.3. The lowest BCUT2D eigenvalue weighted by molar-refractivity contribution is -0.130. The van der Waals surface area contributed by atoms with Crippen molar-refractivity contribution in [3.05, 3.63) is 81.6 Å². The zero-order chi connectivity index (χ0) is 20.4. The second kappa shape index (κ2) is 8.21. The number of hydrogen-bond acceptors (Lipinski definition) is 3. The third kappa shape index (κ3) is 4.10. The monoisotopic (exact) mass is 390 g/mol. The van der Waals surface area contributed by atoms with Crippen LogP contribution in [0.2, 0.25) is 0 Å². The summed E-state index contributed by atoms with van der Waals surface area (Å²) in [6.07, 6.45) is 1.94. The molecule has 0 radical (unpaired) electrons. The van der Waals surface area contributed by atoms with Crippen LogP contribution in [-0.2, 0) is 24.4 Å². The van der Waals surface area contributed by atoms with Crippen LogP contribution in [0.25, 0.3) is 10.9 Å². The molecule has 0 saturated carbocycles. The van der Waals surface area contributed by atoms with E-state index in [0.717, 1.165) is 42.7 Å². The van der Waals surface area contributed by atoms with Gasteiger partial charge < -0.3 is 14.6 Å². The number of pyridine rings is 1. The highest BCUT2D eigenvalue weighted by Crippen LogP contribution is 2.22. The minimum atomic E-state index is -0.00440. The van der Waals surface area contributed by atoms with Gasteiger partial charge in [0.15, 0.2) is 5.43 Å². The topological polar surface area (TPSA) is 62.5 Å². The maximum Gasteiger partial charge on any atom is 0.242 e. The molecule has 1 saturated heterocycles. The summed E-state index contributed by atoms with van der Waals surface area (Å²) in [7, 11) is 0. The number of aromatic nitrogens is 1. The predicted octanol–water partition coefficient (Wildman–Crippen LogP) is 2.89. The highest BCUT2D eigenvalue weighted by Gasteiger charge is 2.26. The number of amides is 1. The summed E-state index contributed by atoms with van der Waals surface area (Å²) in [5.41, 5.74) is 3.77. The van der Waals surface area contributed by atoms with E-state index in [-0.39, 0.29) is 24.5 Å². The molecule has 4 rings (SSSR count). The van der Waals surface area contributed by atoms with Crippen LogP contribution >= 0.6 is 0 Å². The maximum absolute atomic E-state index is 13.0. The normalized spacial score (nSPS) is 16.5. The Morgan fingerprint density at radius 1 is 1.10 bits per heavy atom. The summed E-state index contributed by atoms with van der Waals surface area (Å²) in [6, 6.07) is 17.1. The summed E-state index contributed by atoms with van der Waals surface area (Å²) in [5.74, 6) is 0.547. The number of hydrogen-bond donors (Lipinski definition) is 1. The van der Waals surface area contributed by atoms with E-state index < -0.39 is 0 Å². The van der Waals surface area contributed by atoms with Crippen LogP contribution < -0.4 is 5.43 Å². The quantitative estimate of drug-likeness (QED) is 0.729. The minimum Gasteiger partial charge on any atom is -0.392 e. The summed E-state index contributed by atoms with van der Waals surface area (Å²) >= 11 is 0. The van der Waals surface area contributed by atoms with E-state index >= 15 is 0 Å². The Balaban J connectivity index is 1.45. The molecule has 5 nitrogen and oxygen atoms in total. The molecule has 1 N–H and O–H groups in total. The number of aliphatic hydroxyl groups excluding tert-OH is 1. The van der Waals surface area contributed by atoms with Gasteiger partial charge in [-0.2, -0.15) is 0 Å². The van der Waals surface area contributed by atoms with Crippen molar-refractivity contribution in [3.8, 4) is 0 Å². The van der Waals surface area contributed by atoms with Crippen molar-refractivity contribution in [2.45, 2.75) is 32.9 Å². The molecule has 0 aliphatic carbocycles. The molecule has 3 aromatic rings. The fourth-order valence-corrected chi connectivity index (χ4v) is 4.24. The number of aliphatic hydroxyl groups is 1. The Morgan fingerprint density at radius 2 is 1.83 bits per heavy atom. The molecule has 29 heavy (non-hydrogen) atoms. The van der Waals surface area contributed by atoms with E-state index in [1.54, 1.807) is 6.07 Å². The third-order valence-electron chi connectivity index (χ3n) is 5.89. The second-order valence-electron chi connectivity index (χ2n) is 7.93. The number of para-hydroxylation sites is 1. The molecule has 1 fully saturated rings. The number of carbonyl (C=O) groups excluding carboxylic acids is 1. The van der Waals surface area contributed by atoms with Crippen LogP contribution in [0.1, 0.15) is 23.2 Å². The molecule has 1 aliphatic heterocycles. The summed E-state index contributed by atoms with van der Waals surface area (Å²) < 4.78 is 1.94. The molecule has 2 heterocycles. The molecule has 150 valence electrons. The number of nitrogens with zero attached hydrogens (tertiary/aromatic N) is 2. The van der Waals surface area contributed by atoms with Gasteiger partial charge in [0.2, 0.25) is 5.91 Å². The van der Waals surface area contributed by atoms with Crippen LogP contribution in [0.4, 0.5) is 0 Å². The third-order valence-corrected chi connectivity index (χ3v) is 5.89. The van der Waals surface area contributed by atoms with Crippen molar-refractivity contribution in [1.29, 1.82) is 0 Å². The lowest BCUT2D eigenvalue weighted by Crippen LogP contribution is -2.33. The standard InChI is InChI=1S/C24H26N2O3/c1-17-12-23(28)21-4-2-3-5-22(21)26(17)15-24(29)25-11-10-20(14-25)13-18-6-8-19(16-27)9-7-18/h2-9,12,20,27H,10-11,13-16H2,1H3. The van der Waals surface area contributed by atoms with Crippen molar-refractivity contribution < 1.29 is 9.90 Å². The van der Waals surface area contributed by atoms with Crippen LogP contribution in [0.3, 0.4) is 0 Å². The number of fused-ring (bicyclic) bond motifs is 1. The van der Waals surface area contributed by atoms with Gasteiger partial charge in [-0.3, -0.25) is 9.59 Å². The van der Waals surface area contributed by atoms with Gasteiger partial charge in [-0.25, -0.2) is 0 Å². The first-order chi connectivity index (χ1) is 14.0. The Bertz CT molecular complexity index is 1090. The smallest absolute Gasteiger partial charge is 0.242 e. The van der Waals surface area contributed by atoms with E-state index in [4.69, 9.17) is 5.11 Å². The Hall–Kier alpha value is -2.92. The predicted molar refractivity (Wildman–Crippen MR) is 114 cm³/mol. The van der Waals surface area contributed by atoms with Gasteiger partial charge in [0.05, 0.1) is 12.1 Å². The van der Waals surface area contributed by atoms with Crippen molar-refractivity contribution in [3.63, 3.8) is 0 Å². The zero-order valence-corrected chi connectivity index (χ0v) is 16.7. The molecule has 0 bridgehead atoms. The minimum absolute atomic E-state index is 0.00440. The molecule has 0 spiro atoms. The van der Waals surface area contributed by atoms with Crippen LogP contribution in [0, 0.1) is 12.8 Å². The van der Waals surface area contributed by atoms with Gasteiger partial charge in [0, 0.05) is 30.2 Å². The van der Waals surface area contributed by atoms with E-state index in [1.165, 1.54) is 5.56 Å². The van der Waals surface area contributed by atoms with Gasteiger partial charge in [-0.05, 0) is 48.9 Å². The van der Waals surface area contributed by atoms with Crippen molar-refractivity contribution >= 4 is 16.8 Å². The maximum atomic E-state index is 13.0. The number of aryl methyl sites for hydroxylation is 1. The highest BCUT2D eigenvalue weighted by molar-refractivity contribution is 5.82. The average Bonchev–Trinajstić information content (AvgIpc) is 3.20. The summed E-state index contributed by atoms with van der Waals surface area (Å²) in [5, 5.41) is 9.82. The fourth-order valence-electron chi connectivity index (χ4n) is 4.24. The van der Waals surface area contributed by atoms with Gasteiger partial charge in [-0.15, -0.1) is 0 Å². The first kappa shape index (κ1) is 19.4. The first-order valence-corrected chi connectivity index (χ1v) is 10.1. The molecule has 1 amide bonds. The van der Waals surface area contributed by atoms with Gasteiger partial charge in [0.25, 0.3) is 0 Å². The van der Waals surface area contributed by atoms with E-state index in [9.17, 15) is 9.59 Å². The van der Waals surface area contributed by atoms with Gasteiger partial charge in [0.1, 0.15) is 6.54 Å². The number of rotatable bonds is 5. The molecular weight excluding hydrogens is 364 g/mol. The van der Waals surface area contributed by atoms with Crippen LogP contribution in [0.5, 0.6) is 0 Å². The molecule has 1 atom stereocenters. The first-order valence-electron chi connectivity index (χ1n) is 10.1. The van der Waals surface area contributed by atoms with Crippen molar-refractivity contribution in [1.82, 2.24) is 9.47 Å². The van der Waals surface area contributed by atoms with E-state index in [2.05, 4.69) is 12.1 Å². The number of benzene rings is 2. The van der Waals surface area contributed by atoms with Gasteiger partial charge >= 0.3 is 0 Å². The van der Waals surface area contributed by atoms with Crippen molar-refractivity contribution in [2.75, 3.05) is 13.1 Å². The second-order valence-corrected chi connectivity index (χ2v) is 7.93. The Morgan fingerprint density at radius 3 is 2.59 bits per heavy atom. The summed E-state index contributed by atoms with van der Waals surface area (Å²) in [4.78, 5) is 27.1. The Labute approximate surface area is 170 Å². The van der Waals surface area contributed by atoms with E-state index in [0.29, 0.717) is 11.3 Å². The molecule has 1 aromatic heterocycles. The molecule has 5 heteroatoms. The summed E-state index contributed by atoms with van der Waals surface area (Å²) in [6.45, 7) is 3.73. The van der Waals surface area contributed by atoms with Crippen LogP contribution in [0.15, 0.2) is 59.4 Å². The lowest BCUT2D eigenvalue weighted by Gasteiger charge is -2.20. The number of likely N-dealkylation sites (tertiary alicyclic amines) is 1. The Kier molecular flexibility index (Phi) is 5.49. The SMILES string of the molecule is Cc1cc(=O)c2ccccc2n1CC(=O)N1CCC(Cc2ccc(CO)cc2)C1. The molecule has 2 aromatic carbocycles. The average molecular weight is 390 g/mol. The number of carbonyl (C=O) groups is 1. The van der Waals surface area contributed by atoms with Crippen molar-refractivity contribution in [2.24, 2.45) is 5.92 Å². The zero-order valence-electron chi connectivity index (χ0n) is 16.7. The molecule has 1 unspecified atom stereocenters. The molecular formula is C24H26N2O3.